The Hall–Kier alpha value is -2.41. The summed E-state index contributed by atoms with van der Waals surface area (Å²) in [5, 5.41) is 11.6. The lowest BCUT2D eigenvalue weighted by Gasteiger charge is -2.05. The molecule has 0 unspecified atom stereocenters. The lowest BCUT2D eigenvalue weighted by Crippen LogP contribution is -2.02. The first kappa shape index (κ1) is 13.6. The van der Waals surface area contributed by atoms with E-state index in [1.165, 1.54) is 17.8 Å². The van der Waals surface area contributed by atoms with Gasteiger partial charge in [0.2, 0.25) is 0 Å². The molecule has 0 fully saturated rings. The van der Waals surface area contributed by atoms with Crippen LogP contribution >= 0.6 is 11.8 Å². The van der Waals surface area contributed by atoms with Crippen molar-refractivity contribution in [1.82, 2.24) is 20.2 Å². The first-order valence-corrected chi connectivity index (χ1v) is 7.23. The minimum Gasteiger partial charge on any atom is -0.399 e. The summed E-state index contributed by atoms with van der Waals surface area (Å²) in [6, 6.07) is 14.2. The zero-order valence-corrected chi connectivity index (χ0v) is 11.8. The number of para-hydroxylation sites is 1. The normalized spacial score (nSPS) is 10.7. The van der Waals surface area contributed by atoms with Crippen LogP contribution in [0.1, 0.15) is 5.82 Å². The van der Waals surface area contributed by atoms with Gasteiger partial charge in [-0.25, -0.2) is 4.39 Å². The maximum Gasteiger partial charge on any atom is 0.166 e. The second-order valence-electron chi connectivity index (χ2n) is 4.32. The van der Waals surface area contributed by atoms with E-state index in [1.54, 1.807) is 16.8 Å². The topological polar surface area (TPSA) is 69.6 Å². The lowest BCUT2D eigenvalue weighted by molar-refractivity contribution is 0.602. The van der Waals surface area contributed by atoms with Crippen molar-refractivity contribution in [2.24, 2.45) is 0 Å². The van der Waals surface area contributed by atoms with Crippen LogP contribution in [0.3, 0.4) is 0 Å². The van der Waals surface area contributed by atoms with E-state index in [0.717, 1.165) is 5.69 Å². The molecule has 1 aromatic heterocycles. The molecule has 1 heterocycles. The van der Waals surface area contributed by atoms with Gasteiger partial charge in [-0.15, -0.1) is 16.9 Å². The van der Waals surface area contributed by atoms with Crippen LogP contribution in [-0.2, 0) is 5.75 Å². The van der Waals surface area contributed by atoms with Crippen molar-refractivity contribution in [2.45, 2.75) is 10.6 Å². The molecule has 0 atom stereocenters. The molecule has 3 aromatic rings. The summed E-state index contributed by atoms with van der Waals surface area (Å²) in [6.07, 6.45) is 0. The van der Waals surface area contributed by atoms with Gasteiger partial charge in [0.25, 0.3) is 0 Å². The van der Waals surface area contributed by atoms with Gasteiger partial charge in [0.05, 0.1) is 11.4 Å². The molecule has 0 radical (unpaired) electrons. The second-order valence-corrected chi connectivity index (χ2v) is 5.34. The third-order valence-electron chi connectivity index (χ3n) is 2.85. The Morgan fingerprint density at radius 3 is 2.71 bits per heavy atom. The summed E-state index contributed by atoms with van der Waals surface area (Å²) in [5.74, 6) is 0.782. The molecule has 3 rings (SSSR count). The van der Waals surface area contributed by atoms with Crippen molar-refractivity contribution >= 4 is 17.4 Å². The fraction of sp³-hybridized carbons (Fsp3) is 0.0714. The molecule has 2 aromatic carbocycles. The SMILES string of the molecule is Nc1ccc(SCc2nnnn2-c2ccccc2)c(F)c1. The van der Waals surface area contributed by atoms with Crippen LogP contribution in [0.15, 0.2) is 53.4 Å². The van der Waals surface area contributed by atoms with E-state index in [1.807, 2.05) is 30.3 Å². The number of rotatable bonds is 4. The van der Waals surface area contributed by atoms with Crippen LogP contribution in [0.4, 0.5) is 10.1 Å². The number of tetrazole rings is 1. The van der Waals surface area contributed by atoms with Crippen molar-refractivity contribution in [3.8, 4) is 5.69 Å². The minimum atomic E-state index is -0.335. The van der Waals surface area contributed by atoms with Crippen molar-refractivity contribution in [3.63, 3.8) is 0 Å². The molecule has 0 aliphatic carbocycles. The zero-order chi connectivity index (χ0) is 14.7. The number of hydrogen-bond acceptors (Lipinski definition) is 5. The molecule has 0 saturated carbocycles. The Balaban J connectivity index is 1.79. The molecule has 2 N–H and O–H groups in total. The molecule has 106 valence electrons. The summed E-state index contributed by atoms with van der Waals surface area (Å²) in [6.45, 7) is 0. The monoisotopic (exact) mass is 301 g/mol. The Morgan fingerprint density at radius 2 is 1.95 bits per heavy atom. The number of nitrogens with zero attached hydrogens (tertiary/aromatic N) is 4. The highest BCUT2D eigenvalue weighted by Crippen LogP contribution is 2.26. The highest BCUT2D eigenvalue weighted by molar-refractivity contribution is 7.98. The van der Waals surface area contributed by atoms with Crippen LogP contribution in [-0.4, -0.2) is 20.2 Å². The van der Waals surface area contributed by atoms with E-state index >= 15 is 0 Å². The molecule has 0 spiro atoms. The zero-order valence-electron chi connectivity index (χ0n) is 11.0. The number of anilines is 1. The first-order chi connectivity index (χ1) is 10.2. The highest BCUT2D eigenvalue weighted by Gasteiger charge is 2.10. The number of benzene rings is 2. The van der Waals surface area contributed by atoms with Crippen LogP contribution in [0.5, 0.6) is 0 Å². The molecule has 0 amide bonds. The van der Waals surface area contributed by atoms with Gasteiger partial charge in [0.1, 0.15) is 5.82 Å². The Bertz CT molecular complexity index is 744. The fourth-order valence-corrected chi connectivity index (χ4v) is 2.67. The standard InChI is InChI=1S/C14H12FN5S/c15-12-8-10(16)6-7-13(12)21-9-14-17-18-19-20(14)11-4-2-1-3-5-11/h1-8H,9,16H2. The van der Waals surface area contributed by atoms with Crippen molar-refractivity contribution in [3.05, 3.63) is 60.2 Å². The van der Waals surface area contributed by atoms with Gasteiger partial charge in [-0.1, -0.05) is 18.2 Å². The quantitative estimate of drug-likeness (QED) is 0.592. The number of halogens is 1. The van der Waals surface area contributed by atoms with Gasteiger partial charge in [-0.05, 0) is 40.8 Å². The van der Waals surface area contributed by atoms with E-state index in [2.05, 4.69) is 15.5 Å². The minimum absolute atomic E-state index is 0.335. The van der Waals surface area contributed by atoms with Gasteiger partial charge >= 0.3 is 0 Å². The Kier molecular flexibility index (Phi) is 3.83. The van der Waals surface area contributed by atoms with E-state index in [-0.39, 0.29) is 5.82 Å². The lowest BCUT2D eigenvalue weighted by atomic mass is 10.3. The predicted octanol–water partition coefficient (Wildman–Crippen LogP) is 2.68. The Morgan fingerprint density at radius 1 is 1.14 bits per heavy atom. The average molecular weight is 301 g/mol. The smallest absolute Gasteiger partial charge is 0.166 e. The predicted molar refractivity (Wildman–Crippen MR) is 79.5 cm³/mol. The number of aromatic nitrogens is 4. The first-order valence-electron chi connectivity index (χ1n) is 6.24. The molecule has 7 heteroatoms. The third kappa shape index (κ3) is 3.03. The third-order valence-corrected chi connectivity index (χ3v) is 3.89. The largest absolute Gasteiger partial charge is 0.399 e. The summed E-state index contributed by atoms with van der Waals surface area (Å²) in [7, 11) is 0. The number of nitrogens with two attached hydrogens (primary N) is 1. The van der Waals surface area contributed by atoms with Crippen LogP contribution in [0, 0.1) is 5.82 Å². The van der Waals surface area contributed by atoms with Gasteiger partial charge in [0, 0.05) is 10.6 Å². The number of nitrogen functional groups attached to an aromatic ring is 1. The number of thioether (sulfide) groups is 1. The molecule has 0 saturated heterocycles. The molecule has 0 aliphatic heterocycles. The molecular formula is C14H12FN5S. The van der Waals surface area contributed by atoms with Crippen LogP contribution in [0.25, 0.3) is 5.69 Å². The summed E-state index contributed by atoms with van der Waals surface area (Å²) in [4.78, 5) is 0.520. The van der Waals surface area contributed by atoms with Gasteiger partial charge in [0.15, 0.2) is 5.82 Å². The second kappa shape index (κ2) is 5.92. The molecule has 0 aliphatic rings. The van der Waals surface area contributed by atoms with Crippen molar-refractivity contribution < 1.29 is 4.39 Å². The highest BCUT2D eigenvalue weighted by atomic mass is 32.2. The van der Waals surface area contributed by atoms with Crippen LogP contribution < -0.4 is 5.73 Å². The molecule has 5 nitrogen and oxygen atoms in total. The van der Waals surface area contributed by atoms with Gasteiger partial charge in [-0.3, -0.25) is 0 Å². The number of hydrogen-bond donors (Lipinski definition) is 1. The molecular weight excluding hydrogens is 289 g/mol. The van der Waals surface area contributed by atoms with E-state index in [0.29, 0.717) is 22.2 Å². The molecule has 21 heavy (non-hydrogen) atoms. The summed E-state index contributed by atoms with van der Waals surface area (Å²) in [5.41, 5.74) is 6.81. The summed E-state index contributed by atoms with van der Waals surface area (Å²) >= 11 is 1.33. The Labute approximate surface area is 125 Å². The van der Waals surface area contributed by atoms with Crippen molar-refractivity contribution in [2.75, 3.05) is 5.73 Å². The van der Waals surface area contributed by atoms with E-state index in [9.17, 15) is 4.39 Å². The van der Waals surface area contributed by atoms with Gasteiger partial charge in [-0.2, -0.15) is 4.68 Å². The van der Waals surface area contributed by atoms with Gasteiger partial charge < -0.3 is 5.73 Å². The fourth-order valence-electron chi connectivity index (χ4n) is 1.84. The summed E-state index contributed by atoms with van der Waals surface area (Å²) < 4.78 is 15.4. The molecule has 0 bridgehead atoms. The maximum atomic E-state index is 13.7. The van der Waals surface area contributed by atoms with Crippen LogP contribution in [0.2, 0.25) is 0 Å². The van der Waals surface area contributed by atoms with E-state index in [4.69, 9.17) is 5.73 Å². The average Bonchev–Trinajstić information content (AvgIpc) is 2.96. The van der Waals surface area contributed by atoms with E-state index < -0.39 is 0 Å². The van der Waals surface area contributed by atoms with Crippen molar-refractivity contribution in [1.29, 1.82) is 0 Å². The maximum absolute atomic E-state index is 13.7.